The van der Waals surface area contributed by atoms with Crippen LogP contribution in [0.4, 0.5) is 13.2 Å². The predicted octanol–water partition coefficient (Wildman–Crippen LogP) is 4.03. The number of thiophene rings is 1. The summed E-state index contributed by atoms with van der Waals surface area (Å²) >= 11 is 0.984. The number of halogens is 3. The molecule has 196 valence electrons. The number of benzene rings is 1. The summed E-state index contributed by atoms with van der Waals surface area (Å²) in [5, 5.41) is 9.59. The molecule has 0 spiro atoms. The first-order valence-electron chi connectivity index (χ1n) is 11.2. The minimum atomic E-state index is -4.49. The van der Waals surface area contributed by atoms with Crippen molar-refractivity contribution >= 4 is 28.9 Å². The highest BCUT2D eigenvalue weighted by Crippen LogP contribution is 2.29. The number of hydrazone groups is 1. The van der Waals surface area contributed by atoms with Gasteiger partial charge < -0.3 is 5.32 Å². The number of alkyl halides is 3. The van der Waals surface area contributed by atoms with Gasteiger partial charge in [0.2, 0.25) is 0 Å². The largest absolute Gasteiger partial charge is 0.416 e. The number of hydrogen-bond acceptors (Lipinski definition) is 6. The highest BCUT2D eigenvalue weighted by atomic mass is 32.1. The molecule has 0 unspecified atom stereocenters. The van der Waals surface area contributed by atoms with Crippen LogP contribution in [0.3, 0.4) is 0 Å². The summed E-state index contributed by atoms with van der Waals surface area (Å²) in [7, 11) is 0. The number of carbonyl (C=O) groups excluding carboxylic acids is 2. The Kier molecular flexibility index (Phi) is 7.57. The second kappa shape index (κ2) is 10.8. The fourth-order valence-electron chi connectivity index (χ4n) is 3.55. The number of rotatable bonds is 7. The van der Waals surface area contributed by atoms with Gasteiger partial charge in [0.1, 0.15) is 0 Å². The molecular weight excluding hydrogens is 521 g/mol. The van der Waals surface area contributed by atoms with Gasteiger partial charge in [-0.1, -0.05) is 0 Å². The van der Waals surface area contributed by atoms with Crippen molar-refractivity contribution < 1.29 is 22.8 Å². The van der Waals surface area contributed by atoms with Crippen LogP contribution in [0.25, 0.3) is 5.69 Å². The molecule has 4 rings (SSSR count). The van der Waals surface area contributed by atoms with E-state index >= 15 is 0 Å². The van der Waals surface area contributed by atoms with Crippen LogP contribution in [0.5, 0.6) is 0 Å². The first-order chi connectivity index (χ1) is 18.0. The standard InChI is InChI=1S/C25H21F3N6O3S/c1-14(21-15(2)33-34(24(21)37)18-5-3-17(4-6-18)25(26,27)28)31-32-23(36)20-8-7-19(38-20)22(35)30-13-16-9-11-29-12-10-16/h3-12,33H,13H2,1-2H3,(H,30,35)(H,32,36). The van der Waals surface area contributed by atoms with Gasteiger partial charge in [-0.25, -0.2) is 10.1 Å². The van der Waals surface area contributed by atoms with E-state index in [-0.39, 0.29) is 27.7 Å². The van der Waals surface area contributed by atoms with Gasteiger partial charge in [0.05, 0.1) is 32.3 Å². The van der Waals surface area contributed by atoms with E-state index in [2.05, 4.69) is 25.9 Å². The average molecular weight is 543 g/mol. The average Bonchev–Trinajstić information content (AvgIpc) is 3.50. The molecule has 3 heterocycles. The molecule has 0 saturated carbocycles. The van der Waals surface area contributed by atoms with E-state index in [9.17, 15) is 27.6 Å². The molecule has 2 amide bonds. The molecule has 3 N–H and O–H groups in total. The molecule has 0 saturated heterocycles. The topological polar surface area (TPSA) is 121 Å². The summed E-state index contributed by atoms with van der Waals surface area (Å²) < 4.78 is 39.6. The van der Waals surface area contributed by atoms with Crippen molar-refractivity contribution in [3.63, 3.8) is 0 Å². The van der Waals surface area contributed by atoms with Crippen LogP contribution >= 0.6 is 11.3 Å². The van der Waals surface area contributed by atoms with Gasteiger partial charge in [-0.15, -0.1) is 11.3 Å². The van der Waals surface area contributed by atoms with Crippen LogP contribution in [0.1, 0.15) is 48.7 Å². The van der Waals surface area contributed by atoms with E-state index in [1.54, 1.807) is 31.5 Å². The van der Waals surface area contributed by atoms with Gasteiger partial charge in [0, 0.05) is 24.6 Å². The monoisotopic (exact) mass is 542 g/mol. The highest BCUT2D eigenvalue weighted by Gasteiger charge is 2.30. The molecule has 0 bridgehead atoms. The van der Waals surface area contributed by atoms with Crippen LogP contribution in [-0.4, -0.2) is 32.3 Å². The van der Waals surface area contributed by atoms with Gasteiger partial charge in [-0.05, 0) is 67.9 Å². The van der Waals surface area contributed by atoms with Gasteiger partial charge in [0.25, 0.3) is 17.4 Å². The Morgan fingerprint density at radius 3 is 2.29 bits per heavy atom. The number of aromatic amines is 1. The minimum Gasteiger partial charge on any atom is -0.347 e. The summed E-state index contributed by atoms with van der Waals surface area (Å²) in [5.41, 5.74) is 2.85. The summed E-state index contributed by atoms with van der Waals surface area (Å²) in [6.45, 7) is 3.43. The molecule has 38 heavy (non-hydrogen) atoms. The summed E-state index contributed by atoms with van der Waals surface area (Å²) in [6.07, 6.45) is -1.25. The van der Waals surface area contributed by atoms with Crippen LogP contribution in [-0.2, 0) is 12.7 Å². The zero-order valence-corrected chi connectivity index (χ0v) is 20.9. The number of pyridine rings is 1. The van der Waals surface area contributed by atoms with E-state index in [0.29, 0.717) is 17.1 Å². The predicted molar refractivity (Wildman–Crippen MR) is 136 cm³/mol. The molecule has 9 nitrogen and oxygen atoms in total. The lowest BCUT2D eigenvalue weighted by atomic mass is 10.2. The lowest BCUT2D eigenvalue weighted by Crippen LogP contribution is -2.23. The molecule has 0 radical (unpaired) electrons. The van der Waals surface area contributed by atoms with Gasteiger partial charge >= 0.3 is 6.18 Å². The van der Waals surface area contributed by atoms with Crippen LogP contribution < -0.4 is 16.3 Å². The van der Waals surface area contributed by atoms with Crippen molar-refractivity contribution in [2.45, 2.75) is 26.6 Å². The lowest BCUT2D eigenvalue weighted by Gasteiger charge is -2.07. The third kappa shape index (κ3) is 5.89. The number of aryl methyl sites for hydroxylation is 1. The fourth-order valence-corrected chi connectivity index (χ4v) is 4.36. The second-order valence-electron chi connectivity index (χ2n) is 8.14. The summed E-state index contributed by atoms with van der Waals surface area (Å²) in [6, 6.07) is 10.7. The first kappa shape index (κ1) is 26.5. The van der Waals surface area contributed by atoms with Crippen LogP contribution in [0.15, 0.2) is 70.8 Å². The Morgan fingerprint density at radius 2 is 1.66 bits per heavy atom. The Labute approximate surface area is 218 Å². The van der Waals surface area contributed by atoms with Crippen molar-refractivity contribution in [1.29, 1.82) is 0 Å². The van der Waals surface area contributed by atoms with E-state index in [1.165, 1.54) is 31.2 Å². The van der Waals surface area contributed by atoms with Crippen molar-refractivity contribution in [2.24, 2.45) is 5.10 Å². The SMILES string of the molecule is CC(=NNC(=O)c1ccc(C(=O)NCc2ccncc2)s1)c1c(C)[nH]n(-c2ccc(C(F)(F)F)cc2)c1=O. The van der Waals surface area contributed by atoms with Gasteiger partial charge in [-0.2, -0.15) is 18.3 Å². The number of hydrogen-bond donors (Lipinski definition) is 3. The maximum absolute atomic E-state index is 12.9. The van der Waals surface area contributed by atoms with Crippen molar-refractivity contribution in [2.75, 3.05) is 0 Å². The summed E-state index contributed by atoms with van der Waals surface area (Å²) in [5.74, 6) is -0.906. The quantitative estimate of drug-likeness (QED) is 0.241. The zero-order chi connectivity index (χ0) is 27.4. The van der Waals surface area contributed by atoms with Crippen molar-refractivity contribution in [1.82, 2.24) is 25.5 Å². The normalized spacial score (nSPS) is 11.9. The smallest absolute Gasteiger partial charge is 0.347 e. The first-order valence-corrected chi connectivity index (χ1v) is 12.0. The second-order valence-corrected chi connectivity index (χ2v) is 9.22. The molecule has 0 aliphatic carbocycles. The molecule has 0 fully saturated rings. The highest BCUT2D eigenvalue weighted by molar-refractivity contribution is 7.15. The maximum atomic E-state index is 12.9. The van der Waals surface area contributed by atoms with Crippen molar-refractivity contribution in [3.8, 4) is 5.69 Å². The maximum Gasteiger partial charge on any atom is 0.416 e. The molecular formula is C25H21F3N6O3S. The molecule has 13 heteroatoms. The Bertz CT molecular complexity index is 1550. The lowest BCUT2D eigenvalue weighted by molar-refractivity contribution is -0.137. The van der Waals surface area contributed by atoms with E-state index in [0.717, 1.165) is 33.7 Å². The van der Waals surface area contributed by atoms with E-state index in [1.807, 2.05) is 0 Å². The van der Waals surface area contributed by atoms with Gasteiger partial charge in [0.15, 0.2) is 0 Å². The van der Waals surface area contributed by atoms with Crippen molar-refractivity contribution in [3.05, 3.63) is 103 Å². The molecule has 0 atom stereocenters. The fraction of sp³-hybridized carbons (Fsp3) is 0.160. The molecule has 1 aromatic carbocycles. The zero-order valence-electron chi connectivity index (χ0n) is 20.1. The molecule has 4 aromatic rings. The van der Waals surface area contributed by atoms with E-state index in [4.69, 9.17) is 0 Å². The van der Waals surface area contributed by atoms with Gasteiger partial charge in [-0.3, -0.25) is 24.5 Å². The molecule has 0 aliphatic heterocycles. The van der Waals surface area contributed by atoms with E-state index < -0.39 is 23.2 Å². The number of amides is 2. The Hall–Kier alpha value is -4.52. The van der Waals surface area contributed by atoms with Crippen LogP contribution in [0.2, 0.25) is 0 Å². The third-order valence-corrected chi connectivity index (χ3v) is 6.55. The number of aromatic nitrogens is 3. The van der Waals surface area contributed by atoms with Crippen LogP contribution in [0, 0.1) is 6.92 Å². The summed E-state index contributed by atoms with van der Waals surface area (Å²) in [4.78, 5) is 42.4. The number of carbonyl (C=O) groups is 2. The number of H-pyrrole nitrogens is 1. The number of nitrogens with zero attached hydrogens (tertiary/aromatic N) is 3. The third-order valence-electron chi connectivity index (χ3n) is 5.47. The Balaban J connectivity index is 1.43. The minimum absolute atomic E-state index is 0.160. The number of nitrogens with one attached hydrogen (secondary N) is 3. The molecule has 3 aromatic heterocycles. The molecule has 0 aliphatic rings. The Morgan fingerprint density at radius 1 is 1.03 bits per heavy atom.